The second-order valence-corrected chi connectivity index (χ2v) is 13.7. The first-order chi connectivity index (χ1) is 13.2. The lowest BCUT2D eigenvalue weighted by molar-refractivity contribution is -0.660. The number of nitriles is 1. The molecule has 0 aliphatic rings. The summed E-state index contributed by atoms with van der Waals surface area (Å²) in [5.41, 5.74) is 6.89. The SMILES string of the molecule is Cc1c[n+](C)c(-c2c(C)ccc3c2oc2c(C#N)cccc23)cc1[Si](C)(C)C. The Morgan fingerprint density at radius 3 is 2.36 bits per heavy atom. The van der Waals surface area contributed by atoms with Crippen molar-refractivity contribution in [1.82, 2.24) is 0 Å². The highest BCUT2D eigenvalue weighted by atomic mass is 28.3. The molecule has 4 rings (SSSR count). The second kappa shape index (κ2) is 6.32. The summed E-state index contributed by atoms with van der Waals surface area (Å²) in [6.07, 6.45) is 2.23. The summed E-state index contributed by atoms with van der Waals surface area (Å²) in [5.74, 6) is 0. The first-order valence-electron chi connectivity index (χ1n) is 9.58. The van der Waals surface area contributed by atoms with Crippen LogP contribution in [-0.4, -0.2) is 8.07 Å². The Morgan fingerprint density at radius 2 is 1.68 bits per heavy atom. The molecule has 3 nitrogen and oxygen atoms in total. The van der Waals surface area contributed by atoms with Gasteiger partial charge in [-0.3, -0.25) is 0 Å². The lowest BCUT2D eigenvalue weighted by atomic mass is 10.00. The molecule has 0 spiro atoms. The molecule has 0 fully saturated rings. The zero-order valence-corrected chi connectivity index (χ0v) is 18.3. The van der Waals surface area contributed by atoms with Gasteiger partial charge >= 0.3 is 0 Å². The third-order valence-electron chi connectivity index (χ3n) is 5.53. The van der Waals surface area contributed by atoms with Gasteiger partial charge < -0.3 is 4.42 Å². The van der Waals surface area contributed by atoms with Gasteiger partial charge in [0.05, 0.1) is 19.2 Å². The molecule has 4 aromatic rings. The van der Waals surface area contributed by atoms with Crippen LogP contribution in [0, 0.1) is 25.2 Å². The van der Waals surface area contributed by atoms with Gasteiger partial charge in [0.25, 0.3) is 0 Å². The predicted molar refractivity (Wildman–Crippen MR) is 118 cm³/mol. The Hall–Kier alpha value is -2.90. The molecule has 140 valence electrons. The molecule has 0 unspecified atom stereocenters. The van der Waals surface area contributed by atoms with Crippen LogP contribution in [0.25, 0.3) is 33.2 Å². The summed E-state index contributed by atoms with van der Waals surface area (Å²) in [6, 6.07) is 14.6. The zero-order chi connectivity index (χ0) is 20.2. The van der Waals surface area contributed by atoms with Gasteiger partial charge in [-0.05, 0) is 30.7 Å². The largest absolute Gasteiger partial charge is 0.454 e. The van der Waals surface area contributed by atoms with E-state index in [1.54, 1.807) is 0 Å². The molecule has 2 aromatic heterocycles. The van der Waals surface area contributed by atoms with Gasteiger partial charge in [-0.1, -0.05) is 43.9 Å². The molecule has 28 heavy (non-hydrogen) atoms. The fourth-order valence-electron chi connectivity index (χ4n) is 4.21. The first-order valence-corrected chi connectivity index (χ1v) is 13.1. The van der Waals surface area contributed by atoms with Gasteiger partial charge in [-0.2, -0.15) is 5.26 Å². The van der Waals surface area contributed by atoms with Crippen molar-refractivity contribution in [3.05, 3.63) is 59.3 Å². The normalized spacial score (nSPS) is 11.9. The minimum Gasteiger partial charge on any atom is -0.454 e. The molecule has 2 heterocycles. The van der Waals surface area contributed by atoms with Crippen molar-refractivity contribution in [2.24, 2.45) is 7.05 Å². The van der Waals surface area contributed by atoms with E-state index < -0.39 is 8.07 Å². The van der Waals surface area contributed by atoms with Crippen molar-refractivity contribution in [2.45, 2.75) is 33.5 Å². The Bertz CT molecular complexity index is 1290. The molecule has 4 heteroatoms. The number of pyridine rings is 1. The van der Waals surface area contributed by atoms with E-state index in [0.29, 0.717) is 11.1 Å². The molecule has 0 aliphatic carbocycles. The highest BCUT2D eigenvalue weighted by Crippen LogP contribution is 2.37. The van der Waals surface area contributed by atoms with E-state index in [4.69, 9.17) is 4.42 Å². The number of benzene rings is 2. The van der Waals surface area contributed by atoms with Crippen molar-refractivity contribution < 1.29 is 8.98 Å². The Labute approximate surface area is 166 Å². The molecule has 0 saturated heterocycles. The average molecular weight is 386 g/mol. The van der Waals surface area contributed by atoms with E-state index in [9.17, 15) is 5.26 Å². The lowest BCUT2D eigenvalue weighted by Gasteiger charge is -2.19. The van der Waals surface area contributed by atoms with Gasteiger partial charge in [0.15, 0.2) is 11.8 Å². The minimum atomic E-state index is -1.48. The van der Waals surface area contributed by atoms with Crippen molar-refractivity contribution >= 4 is 35.2 Å². The standard InChI is InChI=1S/C24H25N2OSi/c1-15-10-11-19-18-9-7-8-17(13-25)23(18)27-24(19)22(15)20-12-21(28(4,5)6)16(2)14-26(20)3/h7-12,14H,1-6H3/q+1. The number of hydrogen-bond acceptors (Lipinski definition) is 2. The quantitative estimate of drug-likeness (QED) is 0.355. The van der Waals surface area contributed by atoms with E-state index in [2.05, 4.69) is 75.6 Å². The maximum atomic E-state index is 9.49. The summed E-state index contributed by atoms with van der Waals surface area (Å²) in [7, 11) is 0.612. The fraction of sp³-hybridized carbons (Fsp3) is 0.250. The van der Waals surface area contributed by atoms with E-state index in [1.807, 2.05) is 18.2 Å². The maximum absolute atomic E-state index is 9.49. The summed E-state index contributed by atoms with van der Waals surface area (Å²) < 4.78 is 8.52. The van der Waals surface area contributed by atoms with Crippen LogP contribution in [0.4, 0.5) is 0 Å². The van der Waals surface area contributed by atoms with Crippen LogP contribution in [-0.2, 0) is 7.05 Å². The van der Waals surface area contributed by atoms with Crippen LogP contribution in [0.2, 0.25) is 19.6 Å². The number of rotatable bonds is 2. The van der Waals surface area contributed by atoms with E-state index >= 15 is 0 Å². The highest BCUT2D eigenvalue weighted by molar-refractivity contribution is 6.89. The third kappa shape index (κ3) is 2.74. The minimum absolute atomic E-state index is 0.577. The number of fused-ring (bicyclic) bond motifs is 3. The van der Waals surface area contributed by atoms with E-state index in [-0.39, 0.29) is 0 Å². The summed E-state index contributed by atoms with van der Waals surface area (Å²) in [5, 5.41) is 13.0. The molecule has 0 aliphatic heterocycles. The number of aromatic nitrogens is 1. The molecule has 0 bridgehead atoms. The summed E-state index contributed by atoms with van der Waals surface area (Å²) >= 11 is 0. The molecule has 0 saturated carbocycles. The van der Waals surface area contributed by atoms with Gasteiger partial charge in [-0.15, -0.1) is 0 Å². The van der Waals surface area contributed by atoms with Crippen molar-refractivity contribution in [2.75, 3.05) is 0 Å². The van der Waals surface area contributed by atoms with Crippen LogP contribution in [0.5, 0.6) is 0 Å². The summed E-state index contributed by atoms with van der Waals surface area (Å²) in [4.78, 5) is 0. The number of hydrogen-bond donors (Lipinski definition) is 0. The van der Waals surface area contributed by atoms with Crippen LogP contribution in [0.3, 0.4) is 0 Å². The van der Waals surface area contributed by atoms with Crippen LogP contribution >= 0.6 is 0 Å². The molecule has 2 aromatic carbocycles. The molecule has 0 amide bonds. The van der Waals surface area contributed by atoms with E-state index in [0.717, 1.165) is 27.6 Å². The van der Waals surface area contributed by atoms with Crippen molar-refractivity contribution in [3.63, 3.8) is 0 Å². The first kappa shape index (κ1) is 18.5. The lowest BCUT2D eigenvalue weighted by Crippen LogP contribution is -2.44. The molecule has 0 N–H and O–H groups in total. The van der Waals surface area contributed by atoms with Gasteiger partial charge in [0.2, 0.25) is 5.69 Å². The molecular formula is C24H25N2OSi+. The van der Waals surface area contributed by atoms with Crippen molar-refractivity contribution in [3.8, 4) is 17.3 Å². The number of furan rings is 1. The van der Waals surface area contributed by atoms with Gasteiger partial charge in [0, 0.05) is 22.4 Å². The smallest absolute Gasteiger partial charge is 0.216 e. The van der Waals surface area contributed by atoms with Crippen molar-refractivity contribution in [1.29, 1.82) is 5.26 Å². The summed E-state index contributed by atoms with van der Waals surface area (Å²) in [6.45, 7) is 11.5. The van der Waals surface area contributed by atoms with Crippen LogP contribution in [0.1, 0.15) is 16.7 Å². The topological polar surface area (TPSA) is 40.8 Å². The van der Waals surface area contributed by atoms with Crippen LogP contribution < -0.4 is 9.75 Å². The maximum Gasteiger partial charge on any atom is 0.216 e. The predicted octanol–water partition coefficient (Wildman–Crippen LogP) is 5.11. The molecule has 0 radical (unpaired) electrons. The second-order valence-electron chi connectivity index (χ2n) is 8.65. The van der Waals surface area contributed by atoms with Gasteiger partial charge in [0.1, 0.15) is 18.7 Å². The third-order valence-corrected chi connectivity index (χ3v) is 7.69. The highest BCUT2D eigenvalue weighted by Gasteiger charge is 2.27. The Kier molecular flexibility index (Phi) is 4.17. The molecule has 0 atom stereocenters. The molecular weight excluding hydrogens is 360 g/mol. The fourth-order valence-corrected chi connectivity index (χ4v) is 6.02. The average Bonchev–Trinajstić information content (AvgIpc) is 3.00. The number of aryl methyl sites for hydroxylation is 3. The van der Waals surface area contributed by atoms with Gasteiger partial charge in [-0.25, -0.2) is 4.57 Å². The van der Waals surface area contributed by atoms with Crippen LogP contribution in [0.15, 0.2) is 47.0 Å². The Balaban J connectivity index is 2.13. The zero-order valence-electron chi connectivity index (χ0n) is 17.3. The Morgan fingerprint density at radius 1 is 0.964 bits per heavy atom. The van der Waals surface area contributed by atoms with E-state index in [1.165, 1.54) is 16.3 Å². The number of nitrogens with zero attached hydrogens (tertiary/aromatic N) is 2. The monoisotopic (exact) mass is 385 g/mol. The number of para-hydroxylation sites is 1.